The van der Waals surface area contributed by atoms with Crippen molar-refractivity contribution in [2.75, 3.05) is 11.1 Å². The first kappa shape index (κ1) is 25.2. The monoisotopic (exact) mass is 513 g/mol. The molecule has 0 saturated carbocycles. The number of carbonyl (C=O) groups is 1. The number of amides is 1. The summed E-state index contributed by atoms with van der Waals surface area (Å²) in [6.45, 7) is 6.87. The molecule has 1 aromatic carbocycles. The van der Waals surface area contributed by atoms with Gasteiger partial charge in [0.25, 0.3) is 0 Å². The van der Waals surface area contributed by atoms with Crippen LogP contribution in [0.4, 0.5) is 9.39 Å². The third-order valence-electron chi connectivity index (χ3n) is 6.69. The van der Waals surface area contributed by atoms with E-state index in [-0.39, 0.29) is 29.4 Å². The topological polar surface area (TPSA) is 104 Å². The number of aromatic amines is 1. The van der Waals surface area contributed by atoms with E-state index in [1.165, 1.54) is 40.1 Å². The van der Waals surface area contributed by atoms with Crippen LogP contribution < -0.4 is 10.1 Å². The number of H-pyrrole nitrogens is 1. The number of thiophene rings is 1. The second kappa shape index (κ2) is 10.8. The van der Waals surface area contributed by atoms with E-state index in [1.807, 2.05) is 0 Å². The van der Waals surface area contributed by atoms with E-state index < -0.39 is 5.82 Å². The number of carbonyl (C=O) groups excluding carboxylic acids is 1. The van der Waals surface area contributed by atoms with Crippen LogP contribution in [0.2, 0.25) is 0 Å². The van der Waals surface area contributed by atoms with Gasteiger partial charge in [-0.25, -0.2) is 9.37 Å². The number of ether oxygens (including phenoxy) is 1. The number of thioether (sulfide) groups is 1. The maximum absolute atomic E-state index is 13.7. The number of halogens is 1. The molecule has 2 heterocycles. The van der Waals surface area contributed by atoms with Gasteiger partial charge in [-0.15, -0.1) is 16.4 Å². The second-order valence-corrected chi connectivity index (χ2v) is 11.3. The van der Waals surface area contributed by atoms with Gasteiger partial charge >= 0.3 is 0 Å². The summed E-state index contributed by atoms with van der Waals surface area (Å²) in [6.07, 6.45) is 4.01. The van der Waals surface area contributed by atoms with Crippen molar-refractivity contribution in [2.45, 2.75) is 58.2 Å². The average molecular weight is 514 g/mol. The van der Waals surface area contributed by atoms with E-state index in [4.69, 9.17) is 4.74 Å². The minimum absolute atomic E-state index is 0.0306. The van der Waals surface area contributed by atoms with Crippen molar-refractivity contribution in [3.63, 3.8) is 0 Å². The molecular formula is C25H28FN5O2S2. The summed E-state index contributed by atoms with van der Waals surface area (Å²) in [5.74, 6) is 0.572. The van der Waals surface area contributed by atoms with Crippen molar-refractivity contribution in [3.8, 4) is 11.8 Å². The molecule has 0 bridgehead atoms. The maximum atomic E-state index is 13.7. The van der Waals surface area contributed by atoms with E-state index in [0.29, 0.717) is 27.5 Å². The van der Waals surface area contributed by atoms with Crippen LogP contribution in [0.25, 0.3) is 0 Å². The van der Waals surface area contributed by atoms with Crippen molar-refractivity contribution in [2.24, 2.45) is 11.3 Å². The molecule has 0 saturated heterocycles. The van der Waals surface area contributed by atoms with E-state index >= 15 is 0 Å². The Morgan fingerprint density at radius 1 is 1.43 bits per heavy atom. The van der Waals surface area contributed by atoms with Crippen LogP contribution >= 0.6 is 23.1 Å². The Bertz CT molecular complexity index is 1250. The molecule has 0 unspecified atom stereocenters. The lowest BCUT2D eigenvalue weighted by atomic mass is 9.69. The molecule has 3 aromatic rings. The van der Waals surface area contributed by atoms with Gasteiger partial charge in [-0.3, -0.25) is 9.89 Å². The predicted octanol–water partition coefficient (Wildman–Crippen LogP) is 5.73. The maximum Gasteiger partial charge on any atom is 0.235 e. The molecule has 1 aliphatic rings. The highest BCUT2D eigenvalue weighted by molar-refractivity contribution is 7.99. The third kappa shape index (κ3) is 5.85. The summed E-state index contributed by atoms with van der Waals surface area (Å²) in [5.41, 5.74) is 1.95. The van der Waals surface area contributed by atoms with Gasteiger partial charge < -0.3 is 10.1 Å². The minimum atomic E-state index is -0.449. The molecule has 0 fully saturated rings. The van der Waals surface area contributed by atoms with Crippen LogP contribution in [0.1, 0.15) is 55.4 Å². The number of anilines is 1. The number of nitrogens with zero attached hydrogens (tertiary/aromatic N) is 3. The number of aromatic nitrogens is 3. The van der Waals surface area contributed by atoms with Gasteiger partial charge in [0.2, 0.25) is 11.1 Å². The lowest BCUT2D eigenvalue weighted by molar-refractivity contribution is -0.113. The molecule has 184 valence electrons. The standard InChI is InChI=1S/C25H28FN5O2S2/c1-4-25(2,3)15-9-10-16-17(12-27)23(35-20(16)11-15)29-22(32)14-34-24-28-21(30-31-24)13-33-19-8-6-5-7-18(19)26/h5-8,15H,4,9-11,13-14H2,1-3H3,(H,29,32)(H,28,30,31)/t15-/m0/s1. The van der Waals surface area contributed by atoms with Crippen LogP contribution in [0.15, 0.2) is 29.4 Å². The zero-order chi connectivity index (χ0) is 25.0. The Labute approximate surface area is 212 Å². The fraction of sp³-hybridized carbons (Fsp3) is 0.440. The first-order chi connectivity index (χ1) is 16.8. The van der Waals surface area contributed by atoms with Gasteiger partial charge in [0.1, 0.15) is 17.7 Å². The number of benzene rings is 1. The summed E-state index contributed by atoms with van der Waals surface area (Å²) in [7, 11) is 0. The summed E-state index contributed by atoms with van der Waals surface area (Å²) in [6, 6.07) is 8.43. The average Bonchev–Trinajstić information content (AvgIpc) is 3.45. The van der Waals surface area contributed by atoms with E-state index in [2.05, 4.69) is 47.3 Å². The number of nitriles is 1. The summed E-state index contributed by atoms with van der Waals surface area (Å²) < 4.78 is 19.1. The first-order valence-electron chi connectivity index (χ1n) is 11.6. The van der Waals surface area contributed by atoms with Gasteiger partial charge in [-0.05, 0) is 48.3 Å². The number of hydrogen-bond acceptors (Lipinski definition) is 7. The number of para-hydroxylation sites is 1. The number of rotatable bonds is 9. The number of nitrogens with one attached hydrogen (secondary N) is 2. The molecule has 0 aliphatic heterocycles. The van der Waals surface area contributed by atoms with Crippen LogP contribution in [-0.2, 0) is 24.2 Å². The number of hydrogen-bond donors (Lipinski definition) is 2. The van der Waals surface area contributed by atoms with Crippen LogP contribution in [-0.4, -0.2) is 26.8 Å². The number of fused-ring (bicyclic) bond motifs is 1. The summed E-state index contributed by atoms with van der Waals surface area (Å²) in [4.78, 5) is 18.1. The molecule has 35 heavy (non-hydrogen) atoms. The highest BCUT2D eigenvalue weighted by atomic mass is 32.2. The lowest BCUT2D eigenvalue weighted by Crippen LogP contribution is -2.28. The van der Waals surface area contributed by atoms with Crippen molar-refractivity contribution in [3.05, 3.63) is 51.9 Å². The molecule has 1 amide bonds. The Kier molecular flexibility index (Phi) is 7.77. The van der Waals surface area contributed by atoms with Crippen molar-refractivity contribution in [1.82, 2.24) is 15.2 Å². The fourth-order valence-electron chi connectivity index (χ4n) is 4.16. The molecule has 10 heteroatoms. The van der Waals surface area contributed by atoms with Gasteiger partial charge in [-0.1, -0.05) is 51.1 Å². The van der Waals surface area contributed by atoms with Crippen LogP contribution in [0.5, 0.6) is 5.75 Å². The lowest BCUT2D eigenvalue weighted by Gasteiger charge is -2.36. The molecule has 2 aromatic heterocycles. The zero-order valence-corrected chi connectivity index (χ0v) is 21.6. The van der Waals surface area contributed by atoms with Gasteiger partial charge in [0.15, 0.2) is 17.4 Å². The van der Waals surface area contributed by atoms with Crippen LogP contribution in [0, 0.1) is 28.5 Å². The Balaban J connectivity index is 1.33. The zero-order valence-electron chi connectivity index (χ0n) is 20.0. The molecule has 0 spiro atoms. The fourth-order valence-corrected chi connectivity index (χ4v) is 6.07. The third-order valence-corrected chi connectivity index (χ3v) is 8.71. The van der Waals surface area contributed by atoms with Crippen molar-refractivity contribution in [1.29, 1.82) is 5.26 Å². The van der Waals surface area contributed by atoms with E-state index in [9.17, 15) is 14.4 Å². The SMILES string of the molecule is CCC(C)(C)[C@H]1CCc2c(sc(NC(=O)CSc3n[nH]c(COc4ccccc4F)n3)c2C#N)C1. The van der Waals surface area contributed by atoms with Gasteiger partial charge in [0.05, 0.1) is 11.3 Å². The van der Waals surface area contributed by atoms with Gasteiger partial charge in [-0.2, -0.15) is 5.26 Å². The van der Waals surface area contributed by atoms with E-state index in [0.717, 1.165) is 31.2 Å². The Morgan fingerprint density at radius 3 is 2.97 bits per heavy atom. The van der Waals surface area contributed by atoms with E-state index in [1.54, 1.807) is 12.1 Å². The van der Waals surface area contributed by atoms with Gasteiger partial charge in [0, 0.05) is 4.88 Å². The molecule has 0 radical (unpaired) electrons. The molecule has 2 N–H and O–H groups in total. The normalized spacial score (nSPS) is 15.3. The Morgan fingerprint density at radius 2 is 2.23 bits per heavy atom. The smallest absolute Gasteiger partial charge is 0.235 e. The quantitative estimate of drug-likeness (QED) is 0.354. The molecular weight excluding hydrogens is 485 g/mol. The molecule has 7 nitrogen and oxygen atoms in total. The van der Waals surface area contributed by atoms with Crippen molar-refractivity contribution < 1.29 is 13.9 Å². The highest BCUT2D eigenvalue weighted by Crippen LogP contribution is 2.45. The molecule has 4 rings (SSSR count). The predicted molar refractivity (Wildman–Crippen MR) is 135 cm³/mol. The van der Waals surface area contributed by atoms with Crippen LogP contribution in [0.3, 0.4) is 0 Å². The second-order valence-electron chi connectivity index (χ2n) is 9.22. The van der Waals surface area contributed by atoms with Crippen molar-refractivity contribution >= 4 is 34.0 Å². The Hall–Kier alpha value is -2.90. The minimum Gasteiger partial charge on any atom is -0.483 e. The summed E-state index contributed by atoms with van der Waals surface area (Å²) in [5, 5.41) is 20.5. The first-order valence-corrected chi connectivity index (χ1v) is 13.4. The summed E-state index contributed by atoms with van der Waals surface area (Å²) >= 11 is 2.70. The largest absolute Gasteiger partial charge is 0.483 e. The molecule has 1 atom stereocenters. The highest BCUT2D eigenvalue weighted by Gasteiger charge is 2.34. The molecule has 1 aliphatic carbocycles.